The van der Waals surface area contributed by atoms with Crippen LogP contribution in [0.4, 0.5) is 0 Å². The lowest BCUT2D eigenvalue weighted by Crippen LogP contribution is -2.01. The number of furan rings is 1. The van der Waals surface area contributed by atoms with Crippen LogP contribution in [0.2, 0.25) is 0 Å². The Balaban J connectivity index is 1.58. The highest BCUT2D eigenvalue weighted by atomic mass is 79.9. The van der Waals surface area contributed by atoms with Crippen LogP contribution in [0, 0.1) is 0 Å². The number of carbonyl (C=O) groups excluding carboxylic acids is 1. The van der Waals surface area contributed by atoms with Gasteiger partial charge in [0.1, 0.15) is 35.0 Å². The van der Waals surface area contributed by atoms with Gasteiger partial charge in [-0.05, 0) is 62.2 Å². The maximum Gasteiger partial charge on any atom is 0.196 e. The molecule has 0 saturated heterocycles. The van der Waals surface area contributed by atoms with E-state index in [0.29, 0.717) is 43.4 Å². The molecule has 0 aliphatic carbocycles. The molecule has 136 valence electrons. The van der Waals surface area contributed by atoms with Gasteiger partial charge in [0.15, 0.2) is 5.78 Å². The van der Waals surface area contributed by atoms with Gasteiger partial charge >= 0.3 is 0 Å². The molecule has 5 nitrogen and oxygen atoms in total. The van der Waals surface area contributed by atoms with Crippen LogP contribution in [0.3, 0.4) is 0 Å². The summed E-state index contributed by atoms with van der Waals surface area (Å²) < 4.78 is 12.2. The SMILES string of the molecule is O=C(c1ccc(OCc2nccs2)cc1)c1coc2c(Br)c(Br)c(O)cc12. The first kappa shape index (κ1) is 18.2. The van der Waals surface area contributed by atoms with Crippen LogP contribution in [-0.2, 0) is 6.61 Å². The molecular weight excluding hydrogens is 498 g/mol. The second kappa shape index (κ2) is 7.46. The second-order valence-electron chi connectivity index (χ2n) is 5.62. The van der Waals surface area contributed by atoms with Crippen molar-refractivity contribution in [1.82, 2.24) is 4.98 Å². The lowest BCUT2D eigenvalue weighted by atomic mass is 10.0. The van der Waals surface area contributed by atoms with E-state index in [4.69, 9.17) is 9.15 Å². The number of thiazole rings is 1. The molecule has 1 N–H and O–H groups in total. The lowest BCUT2D eigenvalue weighted by Gasteiger charge is -2.05. The molecule has 0 spiro atoms. The minimum Gasteiger partial charge on any atom is -0.507 e. The molecule has 0 atom stereocenters. The van der Waals surface area contributed by atoms with E-state index in [1.165, 1.54) is 23.7 Å². The average Bonchev–Trinajstić information content (AvgIpc) is 3.34. The first-order valence-corrected chi connectivity index (χ1v) is 10.2. The summed E-state index contributed by atoms with van der Waals surface area (Å²) in [4.78, 5) is 17.0. The van der Waals surface area contributed by atoms with Gasteiger partial charge in [-0.3, -0.25) is 4.79 Å². The number of aromatic hydroxyl groups is 1. The van der Waals surface area contributed by atoms with Crippen molar-refractivity contribution in [3.63, 3.8) is 0 Å². The molecule has 0 unspecified atom stereocenters. The Morgan fingerprint density at radius 2 is 2.00 bits per heavy atom. The number of benzene rings is 2. The molecule has 27 heavy (non-hydrogen) atoms. The Kier molecular flexibility index (Phi) is 5.03. The summed E-state index contributed by atoms with van der Waals surface area (Å²) in [6, 6.07) is 8.39. The van der Waals surface area contributed by atoms with Gasteiger partial charge in [-0.2, -0.15) is 0 Å². The van der Waals surface area contributed by atoms with E-state index >= 15 is 0 Å². The van der Waals surface area contributed by atoms with Crippen molar-refractivity contribution in [2.45, 2.75) is 6.61 Å². The number of carbonyl (C=O) groups is 1. The molecule has 0 aliphatic rings. The fraction of sp³-hybridized carbons (Fsp3) is 0.0526. The number of hydrogen-bond donors (Lipinski definition) is 1. The van der Waals surface area contributed by atoms with Crippen molar-refractivity contribution in [3.8, 4) is 11.5 Å². The van der Waals surface area contributed by atoms with Gasteiger partial charge in [-0.15, -0.1) is 11.3 Å². The van der Waals surface area contributed by atoms with Gasteiger partial charge in [0.05, 0.1) is 14.5 Å². The molecule has 0 aliphatic heterocycles. The highest BCUT2D eigenvalue weighted by Crippen LogP contribution is 2.40. The molecule has 4 aromatic rings. The second-order valence-corrected chi connectivity index (χ2v) is 8.18. The minimum absolute atomic E-state index is 0.0239. The smallest absolute Gasteiger partial charge is 0.196 e. The number of hydrogen-bond acceptors (Lipinski definition) is 6. The highest BCUT2D eigenvalue weighted by molar-refractivity contribution is 9.13. The number of halogens is 2. The predicted octanol–water partition coefficient (Wildman–Crippen LogP) is 5.93. The van der Waals surface area contributed by atoms with Crippen LogP contribution in [0.25, 0.3) is 11.0 Å². The molecule has 2 aromatic heterocycles. The van der Waals surface area contributed by atoms with E-state index in [9.17, 15) is 9.90 Å². The molecule has 0 amide bonds. The van der Waals surface area contributed by atoms with Crippen LogP contribution < -0.4 is 4.74 Å². The summed E-state index contributed by atoms with van der Waals surface area (Å²) in [7, 11) is 0. The van der Waals surface area contributed by atoms with Crippen molar-refractivity contribution in [2.75, 3.05) is 0 Å². The van der Waals surface area contributed by atoms with Gasteiger partial charge in [0.25, 0.3) is 0 Å². The van der Waals surface area contributed by atoms with E-state index in [1.807, 2.05) is 5.38 Å². The summed E-state index contributed by atoms with van der Waals surface area (Å²) in [5, 5.41) is 13.3. The number of phenols is 1. The first-order valence-electron chi connectivity index (χ1n) is 7.78. The predicted molar refractivity (Wildman–Crippen MR) is 110 cm³/mol. The highest BCUT2D eigenvalue weighted by Gasteiger charge is 2.20. The third kappa shape index (κ3) is 3.52. The molecule has 2 aromatic carbocycles. The monoisotopic (exact) mass is 507 g/mol. The average molecular weight is 509 g/mol. The van der Waals surface area contributed by atoms with Crippen molar-refractivity contribution >= 4 is 59.9 Å². The number of ketones is 1. The van der Waals surface area contributed by atoms with Gasteiger partial charge in [-0.25, -0.2) is 4.98 Å². The largest absolute Gasteiger partial charge is 0.507 e. The Hall–Kier alpha value is -2.16. The number of rotatable bonds is 5. The van der Waals surface area contributed by atoms with Gasteiger partial charge < -0.3 is 14.3 Å². The molecule has 0 saturated carbocycles. The third-order valence-electron chi connectivity index (χ3n) is 3.93. The topological polar surface area (TPSA) is 72.6 Å². The van der Waals surface area contributed by atoms with E-state index < -0.39 is 0 Å². The summed E-state index contributed by atoms with van der Waals surface area (Å²) >= 11 is 8.15. The number of ether oxygens (including phenoxy) is 1. The van der Waals surface area contributed by atoms with Gasteiger partial charge in [-0.1, -0.05) is 0 Å². The van der Waals surface area contributed by atoms with E-state index in [1.54, 1.807) is 30.5 Å². The summed E-state index contributed by atoms with van der Waals surface area (Å²) in [6.07, 6.45) is 3.13. The molecule has 0 bridgehead atoms. The Morgan fingerprint density at radius 1 is 1.22 bits per heavy atom. The maximum absolute atomic E-state index is 12.9. The fourth-order valence-electron chi connectivity index (χ4n) is 2.60. The van der Waals surface area contributed by atoms with E-state index in [-0.39, 0.29) is 11.5 Å². The summed E-state index contributed by atoms with van der Waals surface area (Å²) in [5.74, 6) is 0.479. The van der Waals surface area contributed by atoms with Gasteiger partial charge in [0, 0.05) is 22.5 Å². The molecule has 0 radical (unpaired) electrons. The normalized spacial score (nSPS) is 11.0. The Morgan fingerprint density at radius 3 is 2.70 bits per heavy atom. The zero-order valence-corrected chi connectivity index (χ0v) is 17.6. The van der Waals surface area contributed by atoms with Gasteiger partial charge in [0.2, 0.25) is 0 Å². The molecule has 2 heterocycles. The maximum atomic E-state index is 12.9. The molecule has 0 fully saturated rings. The quantitative estimate of drug-likeness (QED) is 0.338. The Bertz CT molecular complexity index is 1120. The summed E-state index contributed by atoms with van der Waals surface area (Å²) in [5.41, 5.74) is 1.37. The number of fused-ring (bicyclic) bond motifs is 1. The number of phenolic OH excluding ortho intramolecular Hbond substituents is 1. The van der Waals surface area contributed by atoms with Crippen molar-refractivity contribution in [3.05, 3.63) is 73.3 Å². The van der Waals surface area contributed by atoms with E-state index in [0.717, 1.165) is 5.01 Å². The first-order chi connectivity index (χ1) is 13.0. The van der Waals surface area contributed by atoms with E-state index in [2.05, 4.69) is 36.8 Å². The number of aromatic nitrogens is 1. The van der Waals surface area contributed by atoms with Crippen LogP contribution in [0.5, 0.6) is 11.5 Å². The lowest BCUT2D eigenvalue weighted by molar-refractivity contribution is 0.103. The van der Waals surface area contributed by atoms with Crippen LogP contribution in [0.1, 0.15) is 20.9 Å². The Labute approximate surface area is 174 Å². The summed E-state index contributed by atoms with van der Waals surface area (Å²) in [6.45, 7) is 0.388. The van der Waals surface area contributed by atoms with Crippen LogP contribution in [0.15, 0.2) is 61.5 Å². The van der Waals surface area contributed by atoms with Crippen molar-refractivity contribution in [1.29, 1.82) is 0 Å². The number of nitrogens with zero attached hydrogens (tertiary/aromatic N) is 1. The zero-order valence-electron chi connectivity index (χ0n) is 13.6. The minimum atomic E-state index is -0.200. The fourth-order valence-corrected chi connectivity index (χ4v) is 3.93. The van der Waals surface area contributed by atoms with Crippen molar-refractivity contribution in [2.24, 2.45) is 0 Å². The standard InChI is InChI=1S/C19H11Br2NO4S/c20-16-14(23)7-12-13(8-26-19(12)17(16)21)18(24)10-1-3-11(4-2-10)25-9-15-22-5-6-27-15/h1-8,23H,9H2. The van der Waals surface area contributed by atoms with Crippen molar-refractivity contribution < 1.29 is 19.1 Å². The zero-order chi connectivity index (χ0) is 19.0. The molecular formula is C19H11Br2NO4S. The molecule has 8 heteroatoms. The van der Waals surface area contributed by atoms with Crippen LogP contribution in [-0.4, -0.2) is 15.9 Å². The third-order valence-corrected chi connectivity index (χ3v) is 6.78. The van der Waals surface area contributed by atoms with Crippen LogP contribution >= 0.6 is 43.2 Å². The molecule has 4 rings (SSSR count).